The number of phenols is 1. The Balaban J connectivity index is 1.70. The molecule has 4 N–H and O–H groups in total. The number of amides is 1. The second kappa shape index (κ2) is 6.47. The zero-order valence-electron chi connectivity index (χ0n) is 14.4. The van der Waals surface area contributed by atoms with Gasteiger partial charge in [-0.2, -0.15) is 0 Å². The summed E-state index contributed by atoms with van der Waals surface area (Å²) in [6, 6.07) is 8.20. The number of aromatic hydroxyl groups is 1. The third kappa shape index (κ3) is 2.74. The molecule has 28 heavy (non-hydrogen) atoms. The lowest BCUT2D eigenvalue weighted by Crippen LogP contribution is -2.45. The van der Waals surface area contributed by atoms with Crippen molar-refractivity contribution in [1.29, 1.82) is 0 Å². The number of thiazole rings is 1. The van der Waals surface area contributed by atoms with E-state index < -0.39 is 18.1 Å². The SMILES string of the molecule is O=C1CSc2cc3c(c(O)c2N1)C(c1nc2ccccc2s1)NC(C(=O)O)C3. The molecule has 0 saturated carbocycles. The average molecular weight is 413 g/mol. The van der Waals surface area contributed by atoms with E-state index in [0.717, 1.165) is 20.7 Å². The highest BCUT2D eigenvalue weighted by molar-refractivity contribution is 8.00. The minimum absolute atomic E-state index is 0.0198. The van der Waals surface area contributed by atoms with Crippen LogP contribution in [0.15, 0.2) is 35.2 Å². The van der Waals surface area contributed by atoms with Gasteiger partial charge in [0, 0.05) is 10.5 Å². The topological polar surface area (TPSA) is 112 Å². The zero-order valence-corrected chi connectivity index (χ0v) is 16.1. The van der Waals surface area contributed by atoms with Crippen molar-refractivity contribution in [3.8, 4) is 5.75 Å². The smallest absolute Gasteiger partial charge is 0.321 e. The van der Waals surface area contributed by atoms with Crippen LogP contribution < -0.4 is 10.6 Å². The van der Waals surface area contributed by atoms with Crippen LogP contribution in [0.2, 0.25) is 0 Å². The fourth-order valence-electron chi connectivity index (χ4n) is 3.69. The number of carbonyl (C=O) groups excluding carboxylic acids is 1. The number of rotatable bonds is 2. The number of hydrogen-bond acceptors (Lipinski definition) is 7. The van der Waals surface area contributed by atoms with E-state index in [9.17, 15) is 19.8 Å². The van der Waals surface area contributed by atoms with Crippen molar-refractivity contribution >= 4 is 50.9 Å². The maximum Gasteiger partial charge on any atom is 0.321 e. The maximum absolute atomic E-state index is 11.8. The van der Waals surface area contributed by atoms with Gasteiger partial charge in [0.1, 0.15) is 16.8 Å². The summed E-state index contributed by atoms with van der Waals surface area (Å²) in [4.78, 5) is 28.9. The van der Waals surface area contributed by atoms with Crippen LogP contribution in [0.5, 0.6) is 5.75 Å². The molecule has 9 heteroatoms. The Morgan fingerprint density at radius 3 is 2.89 bits per heavy atom. The summed E-state index contributed by atoms with van der Waals surface area (Å²) < 4.78 is 0.986. The molecule has 5 rings (SSSR count). The molecular weight excluding hydrogens is 398 g/mol. The summed E-state index contributed by atoms with van der Waals surface area (Å²) in [6.45, 7) is 0. The summed E-state index contributed by atoms with van der Waals surface area (Å²) in [6.07, 6.45) is 0.251. The number of fused-ring (bicyclic) bond motifs is 3. The number of phenolic OH excluding ortho intramolecular Hbond substituents is 1. The first-order chi connectivity index (χ1) is 13.5. The molecule has 0 spiro atoms. The standard InChI is InChI=1S/C19H15N3O4S2/c23-13-7-27-12-6-8-5-10(19(25)26)20-16(14(8)17(24)15(12)22-13)18-21-9-3-1-2-4-11(9)28-18/h1-4,6,10,16,20,24H,5,7H2,(H,22,23)(H,25,26). The van der Waals surface area contributed by atoms with Gasteiger partial charge < -0.3 is 15.5 Å². The molecule has 1 amide bonds. The molecule has 7 nitrogen and oxygen atoms in total. The Labute approximate surface area is 167 Å². The summed E-state index contributed by atoms with van der Waals surface area (Å²) in [5, 5.41) is 27.1. The number of carbonyl (C=O) groups is 2. The van der Waals surface area contributed by atoms with Gasteiger partial charge in [-0.25, -0.2) is 4.98 Å². The minimum atomic E-state index is -0.949. The second-order valence-electron chi connectivity index (χ2n) is 6.72. The van der Waals surface area contributed by atoms with E-state index in [-0.39, 0.29) is 23.8 Å². The van der Waals surface area contributed by atoms with E-state index in [1.807, 2.05) is 30.3 Å². The maximum atomic E-state index is 11.8. The van der Waals surface area contributed by atoms with Crippen molar-refractivity contribution in [2.75, 3.05) is 11.1 Å². The van der Waals surface area contributed by atoms with Crippen LogP contribution in [0.25, 0.3) is 10.2 Å². The number of carboxylic acid groups (broad SMARTS) is 1. The molecule has 3 heterocycles. The fraction of sp³-hybridized carbons (Fsp3) is 0.211. The lowest BCUT2D eigenvalue weighted by atomic mass is 9.88. The molecule has 0 aliphatic carbocycles. The first-order valence-corrected chi connectivity index (χ1v) is 10.5. The number of anilines is 1. The predicted octanol–water partition coefficient (Wildman–Crippen LogP) is 2.73. The molecule has 142 valence electrons. The lowest BCUT2D eigenvalue weighted by Gasteiger charge is -2.32. The van der Waals surface area contributed by atoms with Crippen molar-refractivity contribution < 1.29 is 19.8 Å². The van der Waals surface area contributed by atoms with Crippen LogP contribution in [-0.4, -0.2) is 38.9 Å². The molecule has 3 aromatic rings. The van der Waals surface area contributed by atoms with E-state index in [4.69, 9.17) is 0 Å². The highest BCUT2D eigenvalue weighted by Crippen LogP contribution is 2.47. The summed E-state index contributed by atoms with van der Waals surface area (Å²) >= 11 is 2.80. The summed E-state index contributed by atoms with van der Waals surface area (Å²) in [5.41, 5.74) is 2.56. The highest BCUT2D eigenvalue weighted by atomic mass is 32.2. The number of thioether (sulfide) groups is 1. The van der Waals surface area contributed by atoms with E-state index in [0.29, 0.717) is 16.3 Å². The number of benzene rings is 2. The number of aliphatic carboxylic acids is 1. The molecule has 2 aromatic carbocycles. The third-order valence-electron chi connectivity index (χ3n) is 4.95. The summed E-state index contributed by atoms with van der Waals surface area (Å²) in [5.74, 6) is -0.868. The Kier molecular flexibility index (Phi) is 4.04. The van der Waals surface area contributed by atoms with E-state index >= 15 is 0 Å². The molecule has 0 saturated heterocycles. The van der Waals surface area contributed by atoms with Gasteiger partial charge in [-0.3, -0.25) is 14.9 Å². The van der Waals surface area contributed by atoms with Gasteiger partial charge in [-0.15, -0.1) is 23.1 Å². The fourth-order valence-corrected chi connectivity index (χ4v) is 5.60. The van der Waals surface area contributed by atoms with E-state index in [1.165, 1.54) is 23.1 Å². The van der Waals surface area contributed by atoms with Crippen molar-refractivity contribution in [2.24, 2.45) is 0 Å². The van der Waals surface area contributed by atoms with Crippen LogP contribution in [0.1, 0.15) is 22.2 Å². The predicted molar refractivity (Wildman–Crippen MR) is 107 cm³/mol. The van der Waals surface area contributed by atoms with Gasteiger partial charge in [0.25, 0.3) is 0 Å². The molecule has 2 aliphatic heterocycles. The van der Waals surface area contributed by atoms with Crippen LogP contribution in [0, 0.1) is 0 Å². The Bertz CT molecular complexity index is 1110. The van der Waals surface area contributed by atoms with Gasteiger partial charge in [0.15, 0.2) is 0 Å². The number of nitrogens with one attached hydrogen (secondary N) is 2. The number of carboxylic acids is 1. The van der Waals surface area contributed by atoms with Crippen LogP contribution in [-0.2, 0) is 16.0 Å². The van der Waals surface area contributed by atoms with Crippen molar-refractivity contribution in [1.82, 2.24) is 10.3 Å². The van der Waals surface area contributed by atoms with Gasteiger partial charge in [-0.05, 0) is 30.2 Å². The molecule has 0 bridgehead atoms. The van der Waals surface area contributed by atoms with Gasteiger partial charge in [0.2, 0.25) is 5.91 Å². The molecular formula is C19H15N3O4S2. The highest BCUT2D eigenvalue weighted by Gasteiger charge is 2.37. The Hall–Kier alpha value is -2.62. The van der Waals surface area contributed by atoms with Crippen molar-refractivity contribution in [3.63, 3.8) is 0 Å². The number of aromatic nitrogens is 1. The minimum Gasteiger partial charge on any atom is -0.505 e. The molecule has 2 unspecified atom stereocenters. The van der Waals surface area contributed by atoms with Crippen LogP contribution >= 0.6 is 23.1 Å². The lowest BCUT2D eigenvalue weighted by molar-refractivity contribution is -0.139. The monoisotopic (exact) mass is 413 g/mol. The van der Waals surface area contributed by atoms with Crippen LogP contribution in [0.3, 0.4) is 0 Å². The van der Waals surface area contributed by atoms with Gasteiger partial charge in [0.05, 0.1) is 27.7 Å². The summed E-state index contributed by atoms with van der Waals surface area (Å²) in [7, 11) is 0. The molecule has 0 radical (unpaired) electrons. The quantitative estimate of drug-likeness (QED) is 0.478. The molecule has 2 aliphatic rings. The zero-order chi connectivity index (χ0) is 19.4. The Morgan fingerprint density at radius 1 is 1.29 bits per heavy atom. The largest absolute Gasteiger partial charge is 0.505 e. The Morgan fingerprint density at radius 2 is 2.11 bits per heavy atom. The molecule has 0 fully saturated rings. The van der Waals surface area contributed by atoms with Crippen molar-refractivity contribution in [3.05, 3.63) is 46.5 Å². The first-order valence-electron chi connectivity index (χ1n) is 8.67. The number of nitrogens with zero attached hydrogens (tertiary/aromatic N) is 1. The number of hydrogen-bond donors (Lipinski definition) is 4. The molecule has 1 aromatic heterocycles. The van der Waals surface area contributed by atoms with E-state index in [1.54, 1.807) is 0 Å². The third-order valence-corrected chi connectivity index (χ3v) is 7.09. The average Bonchev–Trinajstić information content (AvgIpc) is 3.12. The first kappa shape index (κ1) is 17.5. The normalized spacial score (nSPS) is 21.1. The molecule has 2 atom stereocenters. The second-order valence-corrected chi connectivity index (χ2v) is 8.80. The number of para-hydroxylation sites is 1. The van der Waals surface area contributed by atoms with Gasteiger partial charge >= 0.3 is 5.97 Å². The van der Waals surface area contributed by atoms with Crippen LogP contribution in [0.4, 0.5) is 5.69 Å². The van der Waals surface area contributed by atoms with E-state index in [2.05, 4.69) is 15.6 Å². The van der Waals surface area contributed by atoms with Gasteiger partial charge in [-0.1, -0.05) is 12.1 Å². The van der Waals surface area contributed by atoms with Crippen molar-refractivity contribution in [2.45, 2.75) is 23.4 Å².